The molecule has 8 nitrogen and oxygen atoms in total. The maximum Gasteiger partial charge on any atom is 0.326 e. The van der Waals surface area contributed by atoms with E-state index in [1.807, 2.05) is 0 Å². The lowest BCUT2D eigenvalue weighted by Gasteiger charge is -2.14. The van der Waals surface area contributed by atoms with Crippen LogP contribution in [0.1, 0.15) is 15.9 Å². The molecule has 0 saturated heterocycles. The Labute approximate surface area is 135 Å². The Balaban J connectivity index is 2.17. The Morgan fingerprint density at radius 2 is 2.12 bits per heavy atom. The Bertz CT molecular complexity index is 782. The molecule has 0 spiro atoms. The van der Waals surface area contributed by atoms with E-state index in [0.717, 1.165) is 12.1 Å². The normalized spacial score (nSPS) is 11.5. The summed E-state index contributed by atoms with van der Waals surface area (Å²) in [5.74, 6) is -2.98. The molecule has 0 bridgehead atoms. The van der Waals surface area contributed by atoms with E-state index in [4.69, 9.17) is 0 Å². The summed E-state index contributed by atoms with van der Waals surface area (Å²) in [5.41, 5.74) is -0.369. The number of carboxylic acid groups (broad SMARTS) is 1. The number of nitrogens with one attached hydrogen (secondary N) is 1. The third kappa shape index (κ3) is 4.09. The summed E-state index contributed by atoms with van der Waals surface area (Å²) < 4.78 is 13.3. The molecule has 1 heterocycles. The molecule has 0 saturated carbocycles. The number of hydrogen-bond donors (Lipinski definition) is 2. The number of carboxylic acids is 1. The summed E-state index contributed by atoms with van der Waals surface area (Å²) in [4.78, 5) is 36.9. The third-order valence-corrected chi connectivity index (χ3v) is 3.17. The van der Waals surface area contributed by atoms with E-state index in [-0.39, 0.29) is 17.5 Å². The summed E-state index contributed by atoms with van der Waals surface area (Å²) in [5, 5.41) is 22.3. The minimum atomic E-state index is -1.33. The molecule has 2 rings (SSSR count). The fourth-order valence-electron chi connectivity index (χ4n) is 2.00. The van der Waals surface area contributed by atoms with Gasteiger partial charge in [-0.2, -0.15) is 4.39 Å². The van der Waals surface area contributed by atoms with Gasteiger partial charge in [0.25, 0.3) is 5.91 Å². The van der Waals surface area contributed by atoms with Gasteiger partial charge in [0.2, 0.25) is 5.82 Å². The maximum absolute atomic E-state index is 13.3. The molecule has 0 unspecified atom stereocenters. The van der Waals surface area contributed by atoms with E-state index in [9.17, 15) is 29.2 Å². The molecule has 1 amide bonds. The molecule has 24 heavy (non-hydrogen) atoms. The average Bonchev–Trinajstić information content (AvgIpc) is 2.56. The van der Waals surface area contributed by atoms with Gasteiger partial charge >= 0.3 is 11.7 Å². The number of pyridine rings is 1. The fraction of sp³-hybridized carbons (Fsp3) is 0.133. The zero-order valence-corrected chi connectivity index (χ0v) is 12.2. The molecule has 1 atom stereocenters. The molecule has 124 valence electrons. The molecule has 1 aromatic carbocycles. The summed E-state index contributed by atoms with van der Waals surface area (Å²) in [7, 11) is 0. The zero-order valence-electron chi connectivity index (χ0n) is 12.2. The monoisotopic (exact) mass is 333 g/mol. The largest absolute Gasteiger partial charge is 0.480 e. The van der Waals surface area contributed by atoms with Gasteiger partial charge in [-0.15, -0.1) is 0 Å². The molecule has 2 aromatic rings. The minimum Gasteiger partial charge on any atom is -0.480 e. The highest BCUT2D eigenvalue weighted by molar-refractivity contribution is 5.96. The Kier molecular flexibility index (Phi) is 5.15. The summed E-state index contributed by atoms with van der Waals surface area (Å²) in [6, 6.07) is 4.71. The number of carbonyl (C=O) groups excluding carboxylic acids is 1. The van der Waals surface area contributed by atoms with Gasteiger partial charge in [0.15, 0.2) is 0 Å². The number of nitro benzene ring substituents is 1. The first-order valence-electron chi connectivity index (χ1n) is 6.75. The number of rotatable bonds is 6. The highest BCUT2D eigenvalue weighted by Gasteiger charge is 2.23. The van der Waals surface area contributed by atoms with E-state index in [2.05, 4.69) is 10.3 Å². The highest BCUT2D eigenvalue weighted by atomic mass is 19.1. The van der Waals surface area contributed by atoms with Crippen molar-refractivity contribution in [2.75, 3.05) is 0 Å². The Hall–Kier alpha value is -3.36. The van der Waals surface area contributed by atoms with Crippen molar-refractivity contribution in [1.29, 1.82) is 0 Å². The smallest absolute Gasteiger partial charge is 0.326 e. The van der Waals surface area contributed by atoms with Crippen molar-refractivity contribution in [3.05, 3.63) is 69.8 Å². The highest BCUT2D eigenvalue weighted by Crippen LogP contribution is 2.19. The Morgan fingerprint density at radius 1 is 1.38 bits per heavy atom. The predicted octanol–water partition coefficient (Wildman–Crippen LogP) is 1.55. The lowest BCUT2D eigenvalue weighted by molar-refractivity contribution is -0.387. The molecule has 0 radical (unpaired) electrons. The van der Waals surface area contributed by atoms with Gasteiger partial charge in [-0.3, -0.25) is 19.9 Å². The van der Waals surface area contributed by atoms with Crippen molar-refractivity contribution < 1.29 is 24.0 Å². The van der Waals surface area contributed by atoms with Crippen molar-refractivity contribution in [3.63, 3.8) is 0 Å². The second kappa shape index (κ2) is 7.27. The number of aromatic nitrogens is 1. The number of carbonyl (C=O) groups is 2. The van der Waals surface area contributed by atoms with E-state index in [1.165, 1.54) is 30.6 Å². The van der Waals surface area contributed by atoms with Crippen molar-refractivity contribution in [3.8, 4) is 0 Å². The van der Waals surface area contributed by atoms with Gasteiger partial charge in [-0.25, -0.2) is 4.79 Å². The van der Waals surface area contributed by atoms with Crippen LogP contribution < -0.4 is 5.32 Å². The van der Waals surface area contributed by atoms with Crippen molar-refractivity contribution >= 4 is 17.6 Å². The molecular formula is C15H12FN3O5. The number of halogens is 1. The molecule has 1 aromatic heterocycles. The van der Waals surface area contributed by atoms with Crippen LogP contribution in [0.2, 0.25) is 0 Å². The fourth-order valence-corrected chi connectivity index (χ4v) is 2.00. The number of amides is 1. The number of nitro groups is 1. The van der Waals surface area contributed by atoms with Crippen LogP contribution in [0.15, 0.2) is 42.7 Å². The molecule has 2 N–H and O–H groups in total. The second-order valence-corrected chi connectivity index (χ2v) is 4.85. The quantitative estimate of drug-likeness (QED) is 0.611. The summed E-state index contributed by atoms with van der Waals surface area (Å²) in [6.07, 6.45) is 2.50. The van der Waals surface area contributed by atoms with Gasteiger partial charge in [0.05, 0.1) is 10.5 Å². The molecular weight excluding hydrogens is 321 g/mol. The second-order valence-electron chi connectivity index (χ2n) is 4.85. The molecule has 0 aliphatic rings. The van der Waals surface area contributed by atoms with E-state index >= 15 is 0 Å². The molecule has 0 fully saturated rings. The van der Waals surface area contributed by atoms with Crippen LogP contribution in [-0.4, -0.2) is 32.9 Å². The van der Waals surface area contributed by atoms with Crippen LogP contribution in [0.4, 0.5) is 10.1 Å². The summed E-state index contributed by atoms with van der Waals surface area (Å²) in [6.45, 7) is 0. The van der Waals surface area contributed by atoms with E-state index in [1.54, 1.807) is 0 Å². The van der Waals surface area contributed by atoms with Gasteiger partial charge in [0.1, 0.15) is 6.04 Å². The lowest BCUT2D eigenvalue weighted by Crippen LogP contribution is -2.42. The first-order chi connectivity index (χ1) is 11.4. The molecule has 0 aliphatic carbocycles. The van der Waals surface area contributed by atoms with Gasteiger partial charge in [-0.05, 0) is 23.8 Å². The Morgan fingerprint density at radius 3 is 2.71 bits per heavy atom. The van der Waals surface area contributed by atoms with E-state index < -0.39 is 34.3 Å². The average molecular weight is 333 g/mol. The zero-order chi connectivity index (χ0) is 17.7. The van der Waals surface area contributed by atoms with Crippen LogP contribution in [-0.2, 0) is 11.2 Å². The number of nitrogens with zero attached hydrogens (tertiary/aromatic N) is 2. The van der Waals surface area contributed by atoms with Crippen molar-refractivity contribution in [1.82, 2.24) is 10.3 Å². The SMILES string of the molecule is O=C(N[C@H](Cc1ccc(F)c([N+](=O)[O-])c1)C(=O)O)c1cccnc1. The first-order valence-corrected chi connectivity index (χ1v) is 6.75. The topological polar surface area (TPSA) is 122 Å². The predicted molar refractivity (Wildman–Crippen MR) is 79.9 cm³/mol. The van der Waals surface area contributed by atoms with E-state index in [0.29, 0.717) is 0 Å². The maximum atomic E-state index is 13.3. The van der Waals surface area contributed by atoms with Gasteiger partial charge in [-0.1, -0.05) is 6.07 Å². The summed E-state index contributed by atoms with van der Waals surface area (Å²) >= 11 is 0. The van der Waals surface area contributed by atoms with Crippen molar-refractivity contribution in [2.45, 2.75) is 12.5 Å². The standard InChI is InChI=1S/C15H12FN3O5/c16-11-4-3-9(7-13(11)19(23)24)6-12(15(21)22)18-14(20)10-2-1-5-17-8-10/h1-5,7-8,12H,6H2,(H,18,20)(H,21,22)/t12-/m1/s1. The third-order valence-electron chi connectivity index (χ3n) is 3.17. The van der Waals surface area contributed by atoms with Gasteiger partial charge < -0.3 is 10.4 Å². The number of aliphatic carboxylic acids is 1. The van der Waals surface area contributed by atoms with Crippen LogP contribution in [0.25, 0.3) is 0 Å². The molecule has 9 heteroatoms. The minimum absolute atomic E-state index is 0.175. The van der Waals surface area contributed by atoms with Crippen molar-refractivity contribution in [2.24, 2.45) is 0 Å². The van der Waals surface area contributed by atoms with Crippen LogP contribution in [0, 0.1) is 15.9 Å². The lowest BCUT2D eigenvalue weighted by atomic mass is 10.0. The van der Waals surface area contributed by atoms with Crippen LogP contribution in [0.3, 0.4) is 0 Å². The number of hydrogen-bond acceptors (Lipinski definition) is 5. The molecule has 0 aliphatic heterocycles. The number of benzene rings is 1. The van der Waals surface area contributed by atoms with Crippen LogP contribution >= 0.6 is 0 Å². The first kappa shape index (κ1) is 17.0. The van der Waals surface area contributed by atoms with Crippen LogP contribution in [0.5, 0.6) is 0 Å². The van der Waals surface area contributed by atoms with Gasteiger partial charge in [0, 0.05) is 24.9 Å².